The Morgan fingerprint density at radius 2 is 1.74 bits per heavy atom. The average molecular weight is 490 g/mol. The van der Waals surface area contributed by atoms with E-state index in [-0.39, 0.29) is 24.0 Å². The van der Waals surface area contributed by atoms with Gasteiger partial charge in [-0.2, -0.15) is 13.2 Å². The molecule has 4 heterocycles. The molecule has 2 atom stereocenters. The molecule has 4 rings (SSSR count). The summed E-state index contributed by atoms with van der Waals surface area (Å²) in [5.41, 5.74) is 0.254. The fraction of sp³-hybridized carbons (Fsp3) is 0.480. The number of alkyl halides is 3. The molecule has 3 aromatic rings. The Labute approximate surface area is 202 Å². The summed E-state index contributed by atoms with van der Waals surface area (Å²) in [4.78, 5) is 25.4. The molecule has 188 valence electrons. The predicted molar refractivity (Wildman–Crippen MR) is 128 cm³/mol. The second kappa shape index (κ2) is 8.73. The summed E-state index contributed by atoms with van der Waals surface area (Å²) in [6, 6.07) is 3.61. The van der Waals surface area contributed by atoms with Gasteiger partial charge < -0.3 is 19.1 Å². The molecule has 0 saturated carbocycles. The molecule has 35 heavy (non-hydrogen) atoms. The van der Waals surface area contributed by atoms with Crippen LogP contribution in [0.3, 0.4) is 0 Å². The third-order valence-corrected chi connectivity index (χ3v) is 6.09. The maximum Gasteiger partial charge on any atom is 0.416 e. The lowest BCUT2D eigenvalue weighted by Crippen LogP contribution is -2.59. The number of piperazine rings is 1. The van der Waals surface area contributed by atoms with Crippen LogP contribution in [-0.2, 0) is 10.9 Å². The summed E-state index contributed by atoms with van der Waals surface area (Å²) in [6.07, 6.45) is -0.203. The van der Waals surface area contributed by atoms with Crippen molar-refractivity contribution in [3.05, 3.63) is 47.9 Å². The number of ether oxygens (including phenoxy) is 1. The van der Waals surface area contributed by atoms with Crippen LogP contribution in [0.5, 0.6) is 0 Å². The first-order valence-corrected chi connectivity index (χ1v) is 11.5. The maximum absolute atomic E-state index is 13.3. The number of carbonyl (C=O) groups excluding carboxylic acids is 1. The Balaban J connectivity index is 1.70. The lowest BCUT2D eigenvalue weighted by atomic mass is 10.1. The molecule has 1 aliphatic heterocycles. The Hall–Kier alpha value is -3.30. The quantitative estimate of drug-likeness (QED) is 0.470. The maximum atomic E-state index is 13.3. The monoisotopic (exact) mass is 489 g/mol. The van der Waals surface area contributed by atoms with Gasteiger partial charge in [-0.15, -0.1) is 0 Å². The third-order valence-electron chi connectivity index (χ3n) is 6.09. The fourth-order valence-corrected chi connectivity index (χ4v) is 4.48. The summed E-state index contributed by atoms with van der Waals surface area (Å²) in [5.74, 6) is 0.917. The number of nitrogens with zero attached hydrogens (tertiary/aromatic N) is 5. The number of hydrogen-bond acceptors (Lipinski definition) is 5. The van der Waals surface area contributed by atoms with Gasteiger partial charge in [0.2, 0.25) is 0 Å². The van der Waals surface area contributed by atoms with Crippen LogP contribution in [0.15, 0.2) is 36.8 Å². The van der Waals surface area contributed by atoms with Crippen LogP contribution >= 0.6 is 0 Å². The zero-order valence-electron chi connectivity index (χ0n) is 20.7. The highest BCUT2D eigenvalue weighted by Crippen LogP contribution is 2.35. The molecule has 0 spiro atoms. The van der Waals surface area contributed by atoms with Crippen LogP contribution < -0.4 is 4.90 Å². The first kappa shape index (κ1) is 24.8. The molecule has 1 saturated heterocycles. The summed E-state index contributed by atoms with van der Waals surface area (Å²) < 4.78 is 47.1. The highest BCUT2D eigenvalue weighted by Gasteiger charge is 2.36. The molecule has 1 fully saturated rings. The van der Waals surface area contributed by atoms with Gasteiger partial charge in [-0.25, -0.2) is 14.8 Å². The summed E-state index contributed by atoms with van der Waals surface area (Å²) in [5, 5.41) is 0.844. The van der Waals surface area contributed by atoms with Crippen molar-refractivity contribution in [2.75, 3.05) is 18.0 Å². The standard InChI is InChI=1S/C25H30F3N5O2/c1-15-12-33(20-11-18(7-9-29-20)25(26,27)28)19-8-10-30-22(21(15)19)31-13-17(3)32(14-16(31)2)23(34)35-24(4,5)6/h7-12,16-17H,13-14H2,1-6H3/t16-,17+/m0/s1. The molecule has 0 bridgehead atoms. The van der Waals surface area contributed by atoms with Gasteiger partial charge in [0, 0.05) is 49.1 Å². The normalized spacial score (nSPS) is 19.3. The molecule has 1 aliphatic rings. The first-order valence-electron chi connectivity index (χ1n) is 11.5. The largest absolute Gasteiger partial charge is 0.444 e. The second-order valence-corrected chi connectivity index (χ2v) is 10.1. The number of hydrogen-bond donors (Lipinski definition) is 0. The van der Waals surface area contributed by atoms with Gasteiger partial charge >= 0.3 is 12.3 Å². The lowest BCUT2D eigenvalue weighted by Gasteiger charge is -2.44. The highest BCUT2D eigenvalue weighted by molar-refractivity contribution is 5.95. The van der Waals surface area contributed by atoms with Crippen molar-refractivity contribution in [2.24, 2.45) is 0 Å². The number of carbonyl (C=O) groups is 1. The average Bonchev–Trinajstić information content (AvgIpc) is 3.10. The van der Waals surface area contributed by atoms with Gasteiger partial charge in [0.25, 0.3) is 0 Å². The Morgan fingerprint density at radius 3 is 2.40 bits per heavy atom. The van der Waals surface area contributed by atoms with Gasteiger partial charge in [-0.05, 0) is 65.3 Å². The first-order chi connectivity index (χ1) is 16.3. The SMILES string of the molecule is Cc1cn(-c2cc(C(F)(F)F)ccn2)c2ccnc(N3C[C@@H](C)N(C(=O)OC(C)(C)C)C[C@@H]3C)c12. The van der Waals surface area contributed by atoms with E-state index in [9.17, 15) is 18.0 Å². The molecule has 7 nitrogen and oxygen atoms in total. The molecule has 1 amide bonds. The van der Waals surface area contributed by atoms with Crippen LogP contribution in [0.2, 0.25) is 0 Å². The molecule has 0 radical (unpaired) electrons. The summed E-state index contributed by atoms with van der Waals surface area (Å²) in [7, 11) is 0. The zero-order valence-corrected chi connectivity index (χ0v) is 20.7. The Bertz CT molecular complexity index is 1250. The topological polar surface area (TPSA) is 63.5 Å². The molecule has 3 aromatic heterocycles. The number of rotatable bonds is 2. The predicted octanol–water partition coefficient (Wildman–Crippen LogP) is 5.58. The van der Waals surface area contributed by atoms with E-state index in [1.807, 2.05) is 41.5 Å². The number of amides is 1. The van der Waals surface area contributed by atoms with E-state index in [1.54, 1.807) is 27.9 Å². The van der Waals surface area contributed by atoms with E-state index < -0.39 is 17.3 Å². The summed E-state index contributed by atoms with van der Waals surface area (Å²) in [6.45, 7) is 12.4. The van der Waals surface area contributed by atoms with Crippen LogP contribution in [0.25, 0.3) is 16.7 Å². The zero-order chi connectivity index (χ0) is 25.7. The fourth-order valence-electron chi connectivity index (χ4n) is 4.48. The minimum atomic E-state index is -4.46. The van der Waals surface area contributed by atoms with Crippen molar-refractivity contribution in [3.8, 4) is 5.82 Å². The minimum Gasteiger partial charge on any atom is -0.444 e. The van der Waals surface area contributed by atoms with Gasteiger partial charge in [0.05, 0.1) is 11.1 Å². The molecule has 0 aromatic carbocycles. The number of fused-ring (bicyclic) bond motifs is 1. The van der Waals surface area contributed by atoms with Crippen molar-refractivity contribution in [1.29, 1.82) is 0 Å². The van der Waals surface area contributed by atoms with Crippen molar-refractivity contribution in [3.63, 3.8) is 0 Å². The molecule has 10 heteroatoms. The van der Waals surface area contributed by atoms with Crippen LogP contribution in [-0.4, -0.2) is 56.3 Å². The lowest BCUT2D eigenvalue weighted by molar-refractivity contribution is -0.137. The van der Waals surface area contributed by atoms with Crippen molar-refractivity contribution < 1.29 is 22.7 Å². The van der Waals surface area contributed by atoms with Crippen LogP contribution in [0, 0.1) is 6.92 Å². The van der Waals surface area contributed by atoms with Crippen LogP contribution in [0.1, 0.15) is 45.7 Å². The van der Waals surface area contributed by atoms with Gasteiger partial charge in [0.15, 0.2) is 0 Å². The van der Waals surface area contributed by atoms with E-state index in [1.165, 1.54) is 6.20 Å². The van der Waals surface area contributed by atoms with E-state index in [2.05, 4.69) is 14.9 Å². The summed E-state index contributed by atoms with van der Waals surface area (Å²) >= 11 is 0. The Kier molecular flexibility index (Phi) is 6.19. The van der Waals surface area contributed by atoms with Crippen LogP contribution in [0.4, 0.5) is 23.8 Å². The van der Waals surface area contributed by atoms with E-state index >= 15 is 0 Å². The van der Waals surface area contributed by atoms with Gasteiger partial charge in [0.1, 0.15) is 17.2 Å². The molecular formula is C25H30F3N5O2. The van der Waals surface area contributed by atoms with E-state index in [4.69, 9.17) is 4.74 Å². The van der Waals surface area contributed by atoms with E-state index in [0.29, 0.717) is 18.6 Å². The Morgan fingerprint density at radius 1 is 1.06 bits per heavy atom. The van der Waals surface area contributed by atoms with Crippen molar-refractivity contribution in [1.82, 2.24) is 19.4 Å². The van der Waals surface area contributed by atoms with E-state index in [0.717, 1.165) is 28.9 Å². The molecule has 0 unspecified atom stereocenters. The second-order valence-electron chi connectivity index (χ2n) is 10.1. The van der Waals surface area contributed by atoms with Crippen molar-refractivity contribution in [2.45, 2.75) is 65.4 Å². The van der Waals surface area contributed by atoms with Gasteiger partial charge in [-0.3, -0.25) is 0 Å². The van der Waals surface area contributed by atoms with Gasteiger partial charge in [-0.1, -0.05) is 0 Å². The minimum absolute atomic E-state index is 0.0498. The number of aromatic nitrogens is 3. The smallest absolute Gasteiger partial charge is 0.416 e. The molecule has 0 N–H and O–H groups in total. The number of anilines is 1. The number of pyridine rings is 2. The molecule has 0 aliphatic carbocycles. The highest BCUT2D eigenvalue weighted by atomic mass is 19.4. The molecular weight excluding hydrogens is 459 g/mol. The van der Waals surface area contributed by atoms with Crippen molar-refractivity contribution >= 4 is 22.8 Å². The number of aryl methyl sites for hydroxylation is 1. The number of halogens is 3. The third kappa shape index (κ3) is 4.92.